The molecule has 1 amide bonds. The molecule has 1 aromatic carbocycles. The van der Waals surface area contributed by atoms with Gasteiger partial charge in [-0.2, -0.15) is 0 Å². The number of likely N-dealkylation sites (tertiary alicyclic amines) is 1. The van der Waals surface area contributed by atoms with E-state index in [9.17, 15) is 9.59 Å². The molecule has 0 saturated carbocycles. The molecule has 1 N–H and O–H groups in total. The summed E-state index contributed by atoms with van der Waals surface area (Å²) in [5.74, 6) is -0.272. The van der Waals surface area contributed by atoms with Crippen molar-refractivity contribution in [1.82, 2.24) is 10.2 Å². The highest BCUT2D eigenvalue weighted by atomic mass is 16.5. The number of rotatable bonds is 5. The minimum absolute atomic E-state index is 0.0249. The van der Waals surface area contributed by atoms with E-state index in [4.69, 9.17) is 4.74 Å². The van der Waals surface area contributed by atoms with Crippen LogP contribution in [0.15, 0.2) is 30.3 Å². The summed E-state index contributed by atoms with van der Waals surface area (Å²) in [4.78, 5) is 25.7. The van der Waals surface area contributed by atoms with Crippen molar-refractivity contribution in [2.75, 3.05) is 26.7 Å². The van der Waals surface area contributed by atoms with Crippen molar-refractivity contribution < 1.29 is 14.3 Å². The number of hydrogen-bond acceptors (Lipinski definition) is 4. The molecule has 1 heterocycles. The molecule has 1 unspecified atom stereocenters. The van der Waals surface area contributed by atoms with Gasteiger partial charge in [0.1, 0.15) is 6.04 Å². The highest BCUT2D eigenvalue weighted by molar-refractivity contribution is 5.81. The zero-order valence-corrected chi connectivity index (χ0v) is 11.8. The van der Waals surface area contributed by atoms with Crippen LogP contribution in [0.2, 0.25) is 0 Å². The molecule has 0 bridgehead atoms. The molecule has 1 saturated heterocycles. The fourth-order valence-electron chi connectivity index (χ4n) is 2.45. The van der Waals surface area contributed by atoms with Crippen LogP contribution in [0.25, 0.3) is 0 Å². The largest absolute Gasteiger partial charge is 0.465 e. The Morgan fingerprint density at radius 3 is 2.55 bits per heavy atom. The summed E-state index contributed by atoms with van der Waals surface area (Å²) in [6.45, 7) is 3.31. The third-order valence-corrected chi connectivity index (χ3v) is 3.52. The van der Waals surface area contributed by atoms with Crippen LogP contribution in [0, 0.1) is 5.92 Å². The Labute approximate surface area is 118 Å². The van der Waals surface area contributed by atoms with Crippen LogP contribution < -0.4 is 5.32 Å². The maximum absolute atomic E-state index is 12.2. The Morgan fingerprint density at radius 1 is 1.35 bits per heavy atom. The summed E-state index contributed by atoms with van der Waals surface area (Å²) in [5.41, 5.74) is 0.904. The molecule has 1 aliphatic rings. The molecule has 1 atom stereocenters. The van der Waals surface area contributed by atoms with Gasteiger partial charge in [-0.3, -0.25) is 9.69 Å². The molecule has 5 nitrogen and oxygen atoms in total. The predicted octanol–water partition coefficient (Wildman–Crippen LogP) is 0.969. The minimum Gasteiger partial charge on any atom is -0.465 e. The summed E-state index contributed by atoms with van der Waals surface area (Å²) in [6.07, 6.45) is 0. The van der Waals surface area contributed by atoms with Crippen molar-refractivity contribution in [2.45, 2.75) is 13.0 Å². The molecule has 1 fully saturated rings. The number of nitrogens with zero attached hydrogens (tertiary/aromatic N) is 1. The van der Waals surface area contributed by atoms with Gasteiger partial charge in [-0.15, -0.1) is 0 Å². The maximum Gasteiger partial charge on any atom is 0.328 e. The first-order valence-electron chi connectivity index (χ1n) is 6.84. The van der Waals surface area contributed by atoms with E-state index in [0.29, 0.717) is 19.7 Å². The lowest BCUT2D eigenvalue weighted by atomic mass is 9.93. The Morgan fingerprint density at radius 2 is 2.00 bits per heavy atom. The number of carbonyl (C=O) groups excluding carboxylic acids is 2. The van der Waals surface area contributed by atoms with Crippen LogP contribution in [0.4, 0.5) is 0 Å². The third-order valence-electron chi connectivity index (χ3n) is 3.52. The predicted molar refractivity (Wildman–Crippen MR) is 74.9 cm³/mol. The Hall–Kier alpha value is -1.88. The van der Waals surface area contributed by atoms with Crippen LogP contribution >= 0.6 is 0 Å². The molecular weight excluding hydrogens is 256 g/mol. The summed E-state index contributed by atoms with van der Waals surface area (Å²) in [6, 6.07) is 9.12. The van der Waals surface area contributed by atoms with Gasteiger partial charge in [0, 0.05) is 20.1 Å². The Kier molecular flexibility index (Phi) is 4.74. The van der Waals surface area contributed by atoms with Crippen molar-refractivity contribution >= 4 is 11.9 Å². The average molecular weight is 276 g/mol. The zero-order valence-electron chi connectivity index (χ0n) is 11.8. The van der Waals surface area contributed by atoms with E-state index in [0.717, 1.165) is 5.56 Å². The summed E-state index contributed by atoms with van der Waals surface area (Å²) in [5, 5.41) is 2.64. The molecular formula is C15H20N2O3. The average Bonchev–Trinajstić information content (AvgIpc) is 2.42. The van der Waals surface area contributed by atoms with Crippen LogP contribution in [0.5, 0.6) is 0 Å². The van der Waals surface area contributed by atoms with E-state index in [2.05, 4.69) is 5.32 Å². The number of carbonyl (C=O) groups is 2. The number of nitrogens with one attached hydrogen (secondary N) is 1. The second kappa shape index (κ2) is 6.52. The van der Waals surface area contributed by atoms with Crippen molar-refractivity contribution in [3.63, 3.8) is 0 Å². The van der Waals surface area contributed by atoms with Crippen molar-refractivity contribution in [3.8, 4) is 0 Å². The molecule has 1 aromatic rings. The Bertz CT molecular complexity index is 469. The molecule has 0 aliphatic carbocycles. The normalized spacial score (nSPS) is 17.1. The monoisotopic (exact) mass is 276 g/mol. The number of esters is 1. The number of hydrogen-bond donors (Lipinski definition) is 1. The highest BCUT2D eigenvalue weighted by Gasteiger charge is 2.40. The highest BCUT2D eigenvalue weighted by Crippen LogP contribution is 2.29. The fourth-order valence-corrected chi connectivity index (χ4v) is 2.45. The van der Waals surface area contributed by atoms with E-state index in [-0.39, 0.29) is 17.8 Å². The molecule has 0 spiro atoms. The summed E-state index contributed by atoms with van der Waals surface area (Å²) >= 11 is 0. The minimum atomic E-state index is -0.419. The van der Waals surface area contributed by atoms with Gasteiger partial charge in [0.05, 0.1) is 12.5 Å². The number of benzene rings is 1. The van der Waals surface area contributed by atoms with Gasteiger partial charge in [0.2, 0.25) is 5.91 Å². The molecule has 108 valence electrons. The first kappa shape index (κ1) is 14.5. The van der Waals surface area contributed by atoms with Gasteiger partial charge in [0.25, 0.3) is 0 Å². The first-order valence-corrected chi connectivity index (χ1v) is 6.84. The standard InChI is InChI=1S/C15H20N2O3/c1-3-20-15(19)13(11-7-5-4-6-8-11)17-9-12(10-17)14(18)16-2/h4-8,12-13H,3,9-10H2,1-2H3,(H,16,18). The quantitative estimate of drug-likeness (QED) is 0.814. The van der Waals surface area contributed by atoms with Crippen molar-refractivity contribution in [2.24, 2.45) is 5.92 Å². The Balaban J connectivity index is 2.09. The molecule has 1 aliphatic heterocycles. The maximum atomic E-state index is 12.2. The van der Waals surface area contributed by atoms with E-state index >= 15 is 0 Å². The van der Waals surface area contributed by atoms with E-state index in [1.807, 2.05) is 35.2 Å². The SMILES string of the molecule is CCOC(=O)C(c1ccccc1)N1CC(C(=O)NC)C1. The molecule has 0 aromatic heterocycles. The lowest BCUT2D eigenvalue weighted by Crippen LogP contribution is -2.55. The van der Waals surface area contributed by atoms with E-state index in [1.54, 1.807) is 14.0 Å². The zero-order chi connectivity index (χ0) is 14.5. The second-order valence-corrected chi connectivity index (χ2v) is 4.83. The summed E-state index contributed by atoms with van der Waals surface area (Å²) < 4.78 is 5.16. The van der Waals surface area contributed by atoms with E-state index < -0.39 is 6.04 Å². The smallest absolute Gasteiger partial charge is 0.328 e. The first-order chi connectivity index (χ1) is 9.67. The van der Waals surface area contributed by atoms with Gasteiger partial charge < -0.3 is 10.1 Å². The third kappa shape index (κ3) is 2.99. The molecule has 2 rings (SSSR count). The number of amides is 1. The van der Waals surface area contributed by atoms with Gasteiger partial charge in [-0.25, -0.2) is 4.79 Å². The van der Waals surface area contributed by atoms with Gasteiger partial charge in [0.15, 0.2) is 0 Å². The second-order valence-electron chi connectivity index (χ2n) is 4.83. The van der Waals surface area contributed by atoms with Crippen molar-refractivity contribution in [3.05, 3.63) is 35.9 Å². The summed E-state index contributed by atoms with van der Waals surface area (Å²) in [7, 11) is 1.63. The van der Waals surface area contributed by atoms with Crippen LogP contribution in [0.1, 0.15) is 18.5 Å². The number of ether oxygens (including phenoxy) is 1. The van der Waals surface area contributed by atoms with Gasteiger partial charge in [-0.1, -0.05) is 30.3 Å². The van der Waals surface area contributed by atoms with Crippen LogP contribution in [-0.2, 0) is 14.3 Å². The van der Waals surface area contributed by atoms with Crippen LogP contribution in [0.3, 0.4) is 0 Å². The topological polar surface area (TPSA) is 58.6 Å². The molecule has 5 heteroatoms. The van der Waals surface area contributed by atoms with Crippen molar-refractivity contribution in [1.29, 1.82) is 0 Å². The fraction of sp³-hybridized carbons (Fsp3) is 0.467. The van der Waals surface area contributed by atoms with Gasteiger partial charge in [-0.05, 0) is 12.5 Å². The van der Waals surface area contributed by atoms with Gasteiger partial charge >= 0.3 is 5.97 Å². The van der Waals surface area contributed by atoms with Crippen LogP contribution in [-0.4, -0.2) is 43.5 Å². The lowest BCUT2D eigenvalue weighted by Gasteiger charge is -2.42. The molecule has 20 heavy (non-hydrogen) atoms. The van der Waals surface area contributed by atoms with E-state index in [1.165, 1.54) is 0 Å². The lowest BCUT2D eigenvalue weighted by molar-refractivity contribution is -0.155. The molecule has 0 radical (unpaired) electrons.